The minimum atomic E-state index is -0.765. The standard InChI is InChI=1S/C11H11N3O/c1-14(10(7-12)8-13)9-3-5-11(15-2)6-4-9/h3-6,10H,1-2H3. The number of rotatable bonds is 3. The molecule has 0 heterocycles. The van der Waals surface area contributed by atoms with E-state index in [4.69, 9.17) is 15.3 Å². The van der Waals surface area contributed by atoms with E-state index in [1.807, 2.05) is 12.1 Å². The molecule has 4 nitrogen and oxygen atoms in total. The number of benzene rings is 1. The third-order valence-electron chi connectivity index (χ3n) is 2.11. The van der Waals surface area contributed by atoms with Gasteiger partial charge in [0.15, 0.2) is 0 Å². The highest BCUT2D eigenvalue weighted by atomic mass is 16.5. The molecule has 0 fully saturated rings. The van der Waals surface area contributed by atoms with Crippen LogP contribution in [0.4, 0.5) is 5.69 Å². The van der Waals surface area contributed by atoms with E-state index >= 15 is 0 Å². The SMILES string of the molecule is COc1ccc(N(C)C(C#N)C#N)cc1. The van der Waals surface area contributed by atoms with Gasteiger partial charge in [-0.05, 0) is 24.3 Å². The number of hydrogen-bond acceptors (Lipinski definition) is 4. The number of hydrogen-bond donors (Lipinski definition) is 0. The summed E-state index contributed by atoms with van der Waals surface area (Å²) >= 11 is 0. The lowest BCUT2D eigenvalue weighted by Gasteiger charge is -2.19. The Morgan fingerprint density at radius 3 is 2.13 bits per heavy atom. The van der Waals surface area contributed by atoms with Crippen molar-refractivity contribution < 1.29 is 4.74 Å². The van der Waals surface area contributed by atoms with E-state index < -0.39 is 6.04 Å². The van der Waals surface area contributed by atoms with Crippen molar-refractivity contribution in [3.63, 3.8) is 0 Å². The predicted molar refractivity (Wildman–Crippen MR) is 56.4 cm³/mol. The third kappa shape index (κ3) is 2.38. The normalized spacial score (nSPS) is 9.13. The smallest absolute Gasteiger partial charge is 0.204 e. The van der Waals surface area contributed by atoms with Gasteiger partial charge in [-0.15, -0.1) is 0 Å². The molecule has 0 atom stereocenters. The molecule has 0 aliphatic rings. The van der Waals surface area contributed by atoms with Gasteiger partial charge in [-0.25, -0.2) is 0 Å². The third-order valence-corrected chi connectivity index (χ3v) is 2.11. The fourth-order valence-corrected chi connectivity index (χ4v) is 1.17. The predicted octanol–water partition coefficient (Wildman–Crippen LogP) is 1.55. The molecule has 15 heavy (non-hydrogen) atoms. The van der Waals surface area contributed by atoms with Crippen LogP contribution >= 0.6 is 0 Å². The molecular weight excluding hydrogens is 190 g/mol. The minimum Gasteiger partial charge on any atom is -0.497 e. The number of methoxy groups -OCH3 is 1. The molecule has 76 valence electrons. The Morgan fingerprint density at radius 1 is 1.20 bits per heavy atom. The number of anilines is 1. The first kappa shape index (κ1) is 10.9. The number of ether oxygens (including phenoxy) is 1. The monoisotopic (exact) mass is 201 g/mol. The van der Waals surface area contributed by atoms with Crippen LogP contribution in [0.25, 0.3) is 0 Å². The maximum absolute atomic E-state index is 8.72. The molecule has 0 saturated heterocycles. The van der Waals surface area contributed by atoms with Gasteiger partial charge in [0, 0.05) is 12.7 Å². The topological polar surface area (TPSA) is 60.0 Å². The summed E-state index contributed by atoms with van der Waals surface area (Å²) in [7, 11) is 3.30. The van der Waals surface area contributed by atoms with Gasteiger partial charge >= 0.3 is 0 Å². The van der Waals surface area contributed by atoms with Gasteiger partial charge in [0.25, 0.3) is 0 Å². The van der Waals surface area contributed by atoms with E-state index in [-0.39, 0.29) is 0 Å². The van der Waals surface area contributed by atoms with Crippen molar-refractivity contribution in [2.75, 3.05) is 19.1 Å². The lowest BCUT2D eigenvalue weighted by atomic mass is 10.2. The first-order valence-corrected chi connectivity index (χ1v) is 4.39. The summed E-state index contributed by atoms with van der Waals surface area (Å²) in [5, 5.41) is 17.4. The summed E-state index contributed by atoms with van der Waals surface area (Å²) in [4.78, 5) is 1.61. The lowest BCUT2D eigenvalue weighted by Crippen LogP contribution is -2.28. The van der Waals surface area contributed by atoms with Gasteiger partial charge in [-0.1, -0.05) is 0 Å². The second-order valence-corrected chi connectivity index (χ2v) is 2.97. The zero-order valence-corrected chi connectivity index (χ0v) is 8.64. The van der Waals surface area contributed by atoms with E-state index in [9.17, 15) is 0 Å². The molecule has 4 heteroatoms. The number of nitrogens with zero attached hydrogens (tertiary/aromatic N) is 3. The summed E-state index contributed by atoms with van der Waals surface area (Å²) < 4.78 is 5.01. The van der Waals surface area contributed by atoms with Crippen LogP contribution in [0.5, 0.6) is 5.75 Å². The maximum Gasteiger partial charge on any atom is 0.204 e. The van der Waals surface area contributed by atoms with Gasteiger partial charge in [-0.2, -0.15) is 10.5 Å². The zero-order chi connectivity index (χ0) is 11.3. The highest BCUT2D eigenvalue weighted by Crippen LogP contribution is 2.19. The summed E-state index contributed by atoms with van der Waals surface area (Å²) in [6, 6.07) is 10.2. The molecule has 0 aliphatic heterocycles. The first-order chi connectivity index (χ1) is 7.22. The molecule has 0 radical (unpaired) electrons. The molecule has 0 bridgehead atoms. The molecule has 0 amide bonds. The van der Waals surface area contributed by atoms with Crippen LogP contribution in [-0.2, 0) is 0 Å². The minimum absolute atomic E-state index is 0.748. The Kier molecular flexibility index (Phi) is 3.54. The van der Waals surface area contributed by atoms with Crippen molar-refractivity contribution in [3.8, 4) is 17.9 Å². The molecule has 1 rings (SSSR count). The van der Waals surface area contributed by atoms with E-state index in [1.54, 1.807) is 43.3 Å². The maximum atomic E-state index is 8.72. The van der Waals surface area contributed by atoms with Crippen LogP contribution in [0.3, 0.4) is 0 Å². The van der Waals surface area contributed by atoms with Crippen molar-refractivity contribution in [1.29, 1.82) is 10.5 Å². The van der Waals surface area contributed by atoms with Crippen molar-refractivity contribution in [1.82, 2.24) is 0 Å². The Hall–Kier alpha value is -2.20. The molecule has 0 aliphatic carbocycles. The van der Waals surface area contributed by atoms with Crippen LogP contribution in [-0.4, -0.2) is 20.2 Å². The van der Waals surface area contributed by atoms with Crippen molar-refractivity contribution >= 4 is 5.69 Å². The Balaban J connectivity index is 2.88. The quantitative estimate of drug-likeness (QED) is 0.744. The van der Waals surface area contributed by atoms with Crippen LogP contribution in [0.2, 0.25) is 0 Å². The average molecular weight is 201 g/mol. The molecule has 1 aromatic rings. The summed E-state index contributed by atoms with van der Waals surface area (Å²) in [6.45, 7) is 0. The molecule has 0 N–H and O–H groups in total. The van der Waals surface area contributed by atoms with Crippen LogP contribution in [0.1, 0.15) is 0 Å². The fraction of sp³-hybridized carbons (Fsp3) is 0.273. The Labute approximate surface area is 88.9 Å². The average Bonchev–Trinajstić information content (AvgIpc) is 2.30. The van der Waals surface area contributed by atoms with E-state index in [2.05, 4.69) is 0 Å². The van der Waals surface area contributed by atoms with E-state index in [0.717, 1.165) is 11.4 Å². The Bertz CT molecular complexity index is 385. The summed E-state index contributed by atoms with van der Waals surface area (Å²) in [6.07, 6.45) is 0. The molecule has 0 aromatic heterocycles. The van der Waals surface area contributed by atoms with Crippen molar-refractivity contribution in [3.05, 3.63) is 24.3 Å². The second-order valence-electron chi connectivity index (χ2n) is 2.97. The van der Waals surface area contributed by atoms with Gasteiger partial charge < -0.3 is 9.64 Å². The molecular formula is C11H11N3O. The molecule has 0 spiro atoms. The van der Waals surface area contributed by atoms with Crippen LogP contribution < -0.4 is 9.64 Å². The lowest BCUT2D eigenvalue weighted by molar-refractivity contribution is 0.415. The summed E-state index contributed by atoms with van der Waals surface area (Å²) in [5.41, 5.74) is 0.809. The summed E-state index contributed by atoms with van der Waals surface area (Å²) in [5.74, 6) is 0.748. The zero-order valence-electron chi connectivity index (χ0n) is 8.64. The molecule has 0 unspecified atom stereocenters. The molecule has 0 saturated carbocycles. The van der Waals surface area contributed by atoms with Crippen molar-refractivity contribution in [2.45, 2.75) is 6.04 Å². The first-order valence-electron chi connectivity index (χ1n) is 4.39. The highest BCUT2D eigenvalue weighted by molar-refractivity contribution is 5.51. The van der Waals surface area contributed by atoms with Gasteiger partial charge in [0.2, 0.25) is 6.04 Å². The number of nitriles is 2. The van der Waals surface area contributed by atoms with Crippen molar-refractivity contribution in [2.24, 2.45) is 0 Å². The van der Waals surface area contributed by atoms with Gasteiger partial charge in [-0.3, -0.25) is 0 Å². The Morgan fingerprint density at radius 2 is 1.73 bits per heavy atom. The van der Waals surface area contributed by atoms with E-state index in [0.29, 0.717) is 0 Å². The van der Waals surface area contributed by atoms with Gasteiger partial charge in [0.1, 0.15) is 17.9 Å². The van der Waals surface area contributed by atoms with Crippen LogP contribution in [0.15, 0.2) is 24.3 Å². The fourth-order valence-electron chi connectivity index (χ4n) is 1.17. The van der Waals surface area contributed by atoms with E-state index in [1.165, 1.54) is 0 Å². The molecule has 1 aromatic carbocycles. The van der Waals surface area contributed by atoms with Gasteiger partial charge in [0.05, 0.1) is 7.11 Å². The van der Waals surface area contributed by atoms with Crippen LogP contribution in [0, 0.1) is 22.7 Å². The second kappa shape index (κ2) is 4.88. The largest absolute Gasteiger partial charge is 0.497 e. The highest BCUT2D eigenvalue weighted by Gasteiger charge is 2.12.